The van der Waals surface area contributed by atoms with Crippen molar-refractivity contribution in [1.82, 2.24) is 15.5 Å². The number of rotatable bonds is 9. The van der Waals surface area contributed by atoms with Gasteiger partial charge >= 0.3 is 0 Å². The van der Waals surface area contributed by atoms with E-state index in [0.717, 1.165) is 69.4 Å². The molecule has 1 heterocycles. The van der Waals surface area contributed by atoms with Gasteiger partial charge in [-0.25, -0.2) is 0 Å². The second-order valence-corrected chi connectivity index (χ2v) is 6.69. The van der Waals surface area contributed by atoms with E-state index in [1.165, 1.54) is 5.56 Å². The van der Waals surface area contributed by atoms with E-state index in [1.807, 2.05) is 17.0 Å². The number of nitrogens with zero attached hydrogens (tertiary/aromatic N) is 2. The number of likely N-dealkylation sites (tertiary alicyclic amines) is 1. The Kier molecular flexibility index (Phi) is 8.60. The fourth-order valence-corrected chi connectivity index (χ4v) is 3.01. The zero-order valence-corrected chi connectivity index (χ0v) is 15.8. The van der Waals surface area contributed by atoms with Gasteiger partial charge in [0.15, 0.2) is 5.96 Å². The summed E-state index contributed by atoms with van der Waals surface area (Å²) in [6.07, 6.45) is 4.67. The Morgan fingerprint density at radius 3 is 2.72 bits per heavy atom. The van der Waals surface area contributed by atoms with Crippen LogP contribution in [0.3, 0.4) is 0 Å². The van der Waals surface area contributed by atoms with Gasteiger partial charge in [0.05, 0.1) is 0 Å². The maximum absolute atomic E-state index is 11.6. The molecule has 1 aromatic rings. The highest BCUT2D eigenvalue weighted by Gasteiger charge is 2.18. The fourth-order valence-electron chi connectivity index (χ4n) is 2.89. The Morgan fingerprint density at radius 2 is 2.04 bits per heavy atom. The Morgan fingerprint density at radius 1 is 1.24 bits per heavy atom. The topological polar surface area (TPSA) is 56.7 Å². The molecular weight excluding hydrogens is 336 g/mol. The van der Waals surface area contributed by atoms with Crippen LogP contribution in [-0.2, 0) is 11.2 Å². The number of hydrogen-bond donors (Lipinski definition) is 2. The van der Waals surface area contributed by atoms with Gasteiger partial charge in [-0.3, -0.25) is 9.79 Å². The molecule has 6 heteroatoms. The number of carbonyl (C=O) groups excluding carboxylic acids is 1. The van der Waals surface area contributed by atoms with Crippen molar-refractivity contribution in [2.75, 3.05) is 32.7 Å². The van der Waals surface area contributed by atoms with E-state index in [1.54, 1.807) is 0 Å². The van der Waals surface area contributed by atoms with Crippen LogP contribution >= 0.6 is 11.6 Å². The normalized spacial score (nSPS) is 14.9. The summed E-state index contributed by atoms with van der Waals surface area (Å²) < 4.78 is 0. The summed E-state index contributed by atoms with van der Waals surface area (Å²) in [6.45, 7) is 6.24. The maximum atomic E-state index is 11.6. The molecule has 1 aliphatic rings. The minimum atomic E-state index is 0.288. The average Bonchev–Trinajstić information content (AvgIpc) is 3.02. The number of carbonyl (C=O) groups is 1. The van der Waals surface area contributed by atoms with Crippen LogP contribution in [0.15, 0.2) is 29.3 Å². The highest BCUT2D eigenvalue weighted by Crippen LogP contribution is 2.11. The smallest absolute Gasteiger partial charge is 0.222 e. The van der Waals surface area contributed by atoms with Gasteiger partial charge in [0.25, 0.3) is 0 Å². The number of amides is 1. The summed E-state index contributed by atoms with van der Waals surface area (Å²) in [7, 11) is 0. The molecule has 1 aromatic carbocycles. The van der Waals surface area contributed by atoms with E-state index in [2.05, 4.69) is 34.7 Å². The zero-order chi connectivity index (χ0) is 17.9. The molecule has 1 fully saturated rings. The first-order chi connectivity index (χ1) is 12.2. The predicted octanol–water partition coefficient (Wildman–Crippen LogP) is 2.84. The minimum Gasteiger partial charge on any atom is -0.357 e. The Hall–Kier alpha value is -1.75. The lowest BCUT2D eigenvalue weighted by atomic mass is 10.1. The van der Waals surface area contributed by atoms with Crippen LogP contribution < -0.4 is 10.6 Å². The van der Waals surface area contributed by atoms with Gasteiger partial charge in [0.2, 0.25) is 5.91 Å². The second-order valence-electron chi connectivity index (χ2n) is 6.26. The number of aryl methyl sites for hydroxylation is 1. The van der Waals surface area contributed by atoms with Crippen molar-refractivity contribution in [3.05, 3.63) is 34.9 Å². The number of hydrogen-bond acceptors (Lipinski definition) is 2. The number of guanidine groups is 1. The molecule has 0 spiro atoms. The summed E-state index contributed by atoms with van der Waals surface area (Å²) in [5.74, 6) is 1.14. The highest BCUT2D eigenvalue weighted by molar-refractivity contribution is 6.30. The Labute approximate surface area is 155 Å². The zero-order valence-electron chi connectivity index (χ0n) is 15.1. The molecule has 0 radical (unpaired) electrons. The molecule has 138 valence electrons. The van der Waals surface area contributed by atoms with E-state index >= 15 is 0 Å². The first kappa shape index (κ1) is 19.6. The van der Waals surface area contributed by atoms with Gasteiger partial charge in [0.1, 0.15) is 0 Å². The predicted molar refractivity (Wildman–Crippen MR) is 104 cm³/mol. The monoisotopic (exact) mass is 364 g/mol. The lowest BCUT2D eigenvalue weighted by Crippen LogP contribution is -2.38. The summed E-state index contributed by atoms with van der Waals surface area (Å²) in [5, 5.41) is 7.42. The fraction of sp³-hybridized carbons (Fsp3) is 0.579. The van der Waals surface area contributed by atoms with Crippen LogP contribution in [0.2, 0.25) is 5.02 Å². The van der Waals surface area contributed by atoms with E-state index in [-0.39, 0.29) is 5.91 Å². The second kappa shape index (κ2) is 11.0. The lowest BCUT2D eigenvalue weighted by molar-refractivity contribution is -0.127. The third kappa shape index (κ3) is 7.34. The van der Waals surface area contributed by atoms with E-state index in [9.17, 15) is 4.79 Å². The van der Waals surface area contributed by atoms with E-state index in [0.29, 0.717) is 6.42 Å². The highest BCUT2D eigenvalue weighted by atomic mass is 35.5. The number of benzene rings is 1. The quantitative estimate of drug-likeness (QED) is 0.402. The van der Waals surface area contributed by atoms with Crippen molar-refractivity contribution in [3.63, 3.8) is 0 Å². The van der Waals surface area contributed by atoms with Crippen molar-refractivity contribution in [2.24, 2.45) is 4.99 Å². The van der Waals surface area contributed by atoms with Crippen LogP contribution in [0.4, 0.5) is 0 Å². The van der Waals surface area contributed by atoms with E-state index in [4.69, 9.17) is 11.6 Å². The minimum absolute atomic E-state index is 0.288. The van der Waals surface area contributed by atoms with Crippen LogP contribution in [0.5, 0.6) is 0 Å². The summed E-state index contributed by atoms with van der Waals surface area (Å²) in [6, 6.07) is 8.00. The summed E-state index contributed by atoms with van der Waals surface area (Å²) in [4.78, 5) is 18.1. The third-order valence-electron chi connectivity index (χ3n) is 4.22. The van der Waals surface area contributed by atoms with Crippen molar-refractivity contribution >= 4 is 23.5 Å². The molecule has 0 aromatic heterocycles. The largest absolute Gasteiger partial charge is 0.357 e. The summed E-state index contributed by atoms with van der Waals surface area (Å²) in [5.41, 5.74) is 1.29. The molecule has 2 N–H and O–H groups in total. The van der Waals surface area contributed by atoms with Crippen molar-refractivity contribution in [3.8, 4) is 0 Å². The molecule has 0 unspecified atom stereocenters. The van der Waals surface area contributed by atoms with Gasteiger partial charge in [-0.15, -0.1) is 0 Å². The standard InChI is InChI=1S/C19H29ClN4O/c1-2-21-19(23-13-5-15-24-14-4-7-18(24)25)22-12-3-6-16-8-10-17(20)11-9-16/h8-11H,2-7,12-15H2,1H3,(H2,21,22,23). The van der Waals surface area contributed by atoms with Crippen molar-refractivity contribution < 1.29 is 4.79 Å². The molecule has 0 aliphatic carbocycles. The van der Waals surface area contributed by atoms with Crippen molar-refractivity contribution in [2.45, 2.75) is 39.0 Å². The van der Waals surface area contributed by atoms with Crippen LogP contribution in [0, 0.1) is 0 Å². The van der Waals surface area contributed by atoms with Gasteiger partial charge in [-0.2, -0.15) is 0 Å². The summed E-state index contributed by atoms with van der Waals surface area (Å²) >= 11 is 5.90. The lowest BCUT2D eigenvalue weighted by Gasteiger charge is -2.15. The molecule has 5 nitrogen and oxygen atoms in total. The molecule has 1 amide bonds. The molecule has 25 heavy (non-hydrogen) atoms. The van der Waals surface area contributed by atoms with Crippen LogP contribution in [-0.4, -0.2) is 49.5 Å². The van der Waals surface area contributed by atoms with Gasteiger partial charge in [-0.05, 0) is 50.3 Å². The van der Waals surface area contributed by atoms with Crippen LogP contribution in [0.1, 0.15) is 38.2 Å². The molecule has 0 bridgehead atoms. The SMILES string of the molecule is CCNC(=NCCCN1CCCC1=O)NCCCc1ccc(Cl)cc1. The number of aliphatic imine (C=N–C) groups is 1. The molecule has 2 rings (SSSR count). The van der Waals surface area contributed by atoms with Crippen molar-refractivity contribution in [1.29, 1.82) is 0 Å². The maximum Gasteiger partial charge on any atom is 0.222 e. The molecular formula is C19H29ClN4O. The van der Waals surface area contributed by atoms with E-state index < -0.39 is 0 Å². The Balaban J connectivity index is 1.64. The Bertz CT molecular complexity index is 559. The number of nitrogens with one attached hydrogen (secondary N) is 2. The molecule has 0 atom stereocenters. The van der Waals surface area contributed by atoms with Crippen LogP contribution in [0.25, 0.3) is 0 Å². The van der Waals surface area contributed by atoms with Gasteiger partial charge in [-0.1, -0.05) is 23.7 Å². The number of halogens is 1. The average molecular weight is 365 g/mol. The first-order valence-electron chi connectivity index (χ1n) is 9.23. The first-order valence-corrected chi connectivity index (χ1v) is 9.61. The molecule has 1 saturated heterocycles. The van der Waals surface area contributed by atoms with Gasteiger partial charge < -0.3 is 15.5 Å². The molecule has 1 aliphatic heterocycles. The third-order valence-corrected chi connectivity index (χ3v) is 4.47. The molecule has 0 saturated carbocycles. The van der Waals surface area contributed by atoms with Gasteiger partial charge in [0, 0.05) is 44.2 Å².